The van der Waals surface area contributed by atoms with Crippen molar-refractivity contribution in [1.82, 2.24) is 0 Å². The molecule has 1 saturated carbocycles. The van der Waals surface area contributed by atoms with Crippen molar-refractivity contribution >= 4 is 0 Å². The molecule has 1 aliphatic carbocycles. The summed E-state index contributed by atoms with van der Waals surface area (Å²) in [6.45, 7) is 1.49. The van der Waals surface area contributed by atoms with Gasteiger partial charge in [-0.15, -0.1) is 0 Å². The Balaban J connectivity index is 2.76. The van der Waals surface area contributed by atoms with E-state index >= 15 is 0 Å². The van der Waals surface area contributed by atoms with Gasteiger partial charge in [-0.25, -0.2) is 0 Å². The third kappa shape index (κ3) is 1.34. The van der Waals surface area contributed by atoms with Crippen LogP contribution < -0.4 is 0 Å². The van der Waals surface area contributed by atoms with Crippen molar-refractivity contribution in [2.75, 3.05) is 0 Å². The summed E-state index contributed by atoms with van der Waals surface area (Å²) in [5, 5.41) is 45.8. The third-order valence-electron chi connectivity index (χ3n) is 2.48. The Morgan fingerprint density at radius 3 is 1.17 bits per heavy atom. The van der Waals surface area contributed by atoms with E-state index in [1.165, 1.54) is 6.92 Å². The zero-order valence-corrected chi connectivity index (χ0v) is 6.70. The lowest BCUT2D eigenvalue weighted by Crippen LogP contribution is -2.60. The van der Waals surface area contributed by atoms with Crippen LogP contribution in [0, 0.1) is 5.92 Å². The van der Waals surface area contributed by atoms with E-state index in [0.717, 1.165) is 0 Å². The van der Waals surface area contributed by atoms with Crippen LogP contribution in [0.4, 0.5) is 0 Å². The van der Waals surface area contributed by atoms with Gasteiger partial charge in [0.1, 0.15) is 18.3 Å². The minimum atomic E-state index is -1.48. The lowest BCUT2D eigenvalue weighted by Gasteiger charge is -2.40. The fourth-order valence-electron chi connectivity index (χ4n) is 1.43. The summed E-state index contributed by atoms with van der Waals surface area (Å²) in [7, 11) is 0. The van der Waals surface area contributed by atoms with E-state index in [2.05, 4.69) is 0 Å². The molecule has 1 rings (SSSR count). The molecule has 0 aliphatic heterocycles. The molecule has 0 saturated heterocycles. The van der Waals surface area contributed by atoms with E-state index in [1.54, 1.807) is 0 Å². The van der Waals surface area contributed by atoms with Gasteiger partial charge < -0.3 is 25.5 Å². The molecule has 72 valence electrons. The predicted octanol–water partition coefficient (Wildman–Crippen LogP) is -2.56. The number of hydrogen-bond acceptors (Lipinski definition) is 5. The van der Waals surface area contributed by atoms with Gasteiger partial charge in [0.25, 0.3) is 0 Å². The summed E-state index contributed by atoms with van der Waals surface area (Å²) in [5.41, 5.74) is 0. The first kappa shape index (κ1) is 9.88. The molecule has 6 atom stereocenters. The SMILES string of the molecule is C[C@@H]1[C@@H](O)[C@@H](O)[C@@H](O)[C@H](O)[C@H]1O. The largest absolute Gasteiger partial charge is 0.390 e. The van der Waals surface area contributed by atoms with Crippen LogP contribution in [0.5, 0.6) is 0 Å². The number of aliphatic hydroxyl groups is 5. The molecule has 0 aromatic carbocycles. The normalized spacial score (nSPS) is 55.5. The Labute approximate surface area is 69.9 Å². The van der Waals surface area contributed by atoms with Crippen molar-refractivity contribution in [3.05, 3.63) is 0 Å². The second-order valence-corrected chi connectivity index (χ2v) is 3.31. The van der Waals surface area contributed by atoms with E-state index in [0.29, 0.717) is 0 Å². The Bertz CT molecular complexity index is 103. The van der Waals surface area contributed by atoms with Crippen molar-refractivity contribution in [1.29, 1.82) is 0 Å². The van der Waals surface area contributed by atoms with E-state index in [1.807, 2.05) is 0 Å². The zero-order chi connectivity index (χ0) is 9.46. The lowest BCUT2D eigenvalue weighted by atomic mass is 9.80. The zero-order valence-electron chi connectivity index (χ0n) is 6.70. The molecule has 0 heterocycles. The van der Waals surface area contributed by atoms with E-state index in [9.17, 15) is 10.2 Å². The van der Waals surface area contributed by atoms with Crippen LogP contribution in [0.25, 0.3) is 0 Å². The molecule has 5 N–H and O–H groups in total. The topological polar surface area (TPSA) is 101 Å². The molecule has 12 heavy (non-hydrogen) atoms. The Hall–Kier alpha value is -0.200. The first-order valence-electron chi connectivity index (χ1n) is 3.87. The lowest BCUT2D eigenvalue weighted by molar-refractivity contribution is -0.200. The number of hydrogen-bond donors (Lipinski definition) is 5. The van der Waals surface area contributed by atoms with E-state index in [-0.39, 0.29) is 0 Å². The molecule has 0 amide bonds. The average Bonchev–Trinajstić information content (AvgIpc) is 2.08. The Kier molecular flexibility index (Phi) is 2.70. The molecule has 0 aromatic heterocycles. The summed E-state index contributed by atoms with van der Waals surface area (Å²) in [4.78, 5) is 0. The monoisotopic (exact) mass is 178 g/mol. The molecule has 0 aromatic rings. The molecule has 0 bridgehead atoms. The van der Waals surface area contributed by atoms with Crippen LogP contribution in [0.15, 0.2) is 0 Å². The smallest absolute Gasteiger partial charge is 0.111 e. The quantitative estimate of drug-likeness (QED) is 0.281. The van der Waals surface area contributed by atoms with Gasteiger partial charge in [0, 0.05) is 5.92 Å². The van der Waals surface area contributed by atoms with Crippen LogP contribution in [0.1, 0.15) is 6.92 Å². The fourth-order valence-corrected chi connectivity index (χ4v) is 1.43. The maximum Gasteiger partial charge on any atom is 0.111 e. The van der Waals surface area contributed by atoms with Crippen molar-refractivity contribution < 1.29 is 25.5 Å². The number of rotatable bonds is 0. The Morgan fingerprint density at radius 2 is 0.833 bits per heavy atom. The first-order valence-corrected chi connectivity index (χ1v) is 3.87. The fraction of sp³-hybridized carbons (Fsp3) is 1.00. The third-order valence-corrected chi connectivity index (χ3v) is 2.48. The van der Waals surface area contributed by atoms with Crippen LogP contribution in [-0.4, -0.2) is 56.1 Å². The Morgan fingerprint density at radius 1 is 0.583 bits per heavy atom. The number of aliphatic hydroxyl groups excluding tert-OH is 5. The van der Waals surface area contributed by atoms with Crippen LogP contribution in [0.2, 0.25) is 0 Å². The molecular weight excluding hydrogens is 164 g/mol. The minimum Gasteiger partial charge on any atom is -0.390 e. The van der Waals surface area contributed by atoms with E-state index in [4.69, 9.17) is 15.3 Å². The summed E-state index contributed by atoms with van der Waals surface area (Å²) in [6, 6.07) is 0. The van der Waals surface area contributed by atoms with Crippen molar-refractivity contribution in [2.45, 2.75) is 37.4 Å². The van der Waals surface area contributed by atoms with Crippen molar-refractivity contribution in [2.24, 2.45) is 5.92 Å². The van der Waals surface area contributed by atoms with Gasteiger partial charge in [0.2, 0.25) is 0 Å². The second kappa shape index (κ2) is 3.27. The molecule has 5 heteroatoms. The van der Waals surface area contributed by atoms with Gasteiger partial charge in [-0.05, 0) is 0 Å². The summed E-state index contributed by atoms with van der Waals surface area (Å²) >= 11 is 0. The molecule has 1 aliphatic rings. The first-order chi connectivity index (χ1) is 5.46. The van der Waals surface area contributed by atoms with Crippen LogP contribution in [0.3, 0.4) is 0 Å². The van der Waals surface area contributed by atoms with Crippen molar-refractivity contribution in [3.8, 4) is 0 Å². The standard InChI is InChI=1S/C7H14O5/c1-2-3(8)5(10)7(12)6(11)4(2)9/h2-12H,1H3/t2-,3-,4+,5-,6-,7-/m1/s1. The minimum absolute atomic E-state index is 0.640. The highest BCUT2D eigenvalue weighted by atomic mass is 16.4. The molecule has 5 nitrogen and oxygen atoms in total. The molecule has 1 fully saturated rings. The van der Waals surface area contributed by atoms with Gasteiger partial charge in [0.05, 0.1) is 12.2 Å². The summed E-state index contributed by atoms with van der Waals surface area (Å²) < 4.78 is 0. The van der Waals surface area contributed by atoms with Gasteiger partial charge in [-0.1, -0.05) is 6.92 Å². The van der Waals surface area contributed by atoms with Gasteiger partial charge in [0.15, 0.2) is 0 Å². The predicted molar refractivity (Wildman–Crippen MR) is 39.2 cm³/mol. The van der Waals surface area contributed by atoms with Gasteiger partial charge in [-0.3, -0.25) is 0 Å². The van der Waals surface area contributed by atoms with Gasteiger partial charge in [-0.2, -0.15) is 0 Å². The maximum absolute atomic E-state index is 9.22. The molecule has 0 radical (unpaired) electrons. The molecule has 0 unspecified atom stereocenters. The molecule has 0 spiro atoms. The van der Waals surface area contributed by atoms with Crippen molar-refractivity contribution in [3.63, 3.8) is 0 Å². The summed E-state index contributed by atoms with van der Waals surface area (Å²) in [5.74, 6) is -0.640. The molecular formula is C7H14O5. The highest BCUT2D eigenvalue weighted by Gasteiger charge is 2.45. The van der Waals surface area contributed by atoms with Crippen LogP contribution in [-0.2, 0) is 0 Å². The van der Waals surface area contributed by atoms with E-state index < -0.39 is 36.4 Å². The average molecular weight is 178 g/mol. The second-order valence-electron chi connectivity index (χ2n) is 3.31. The maximum atomic E-state index is 9.22. The van der Waals surface area contributed by atoms with Gasteiger partial charge >= 0.3 is 0 Å². The van der Waals surface area contributed by atoms with Crippen LogP contribution >= 0.6 is 0 Å². The summed E-state index contributed by atoms with van der Waals surface area (Å²) in [6.07, 6.45) is -6.65. The highest BCUT2D eigenvalue weighted by Crippen LogP contribution is 2.25. The highest BCUT2D eigenvalue weighted by molar-refractivity contribution is 4.96.